The molecule has 5 nitrogen and oxygen atoms in total. The first-order valence-electron chi connectivity index (χ1n) is 6.88. The molecule has 6 heteroatoms. The second-order valence-corrected chi connectivity index (χ2v) is 4.82. The lowest BCUT2D eigenvalue weighted by Crippen LogP contribution is -2.15. The zero-order valence-corrected chi connectivity index (χ0v) is 12.0. The molecule has 1 aromatic heterocycles. The van der Waals surface area contributed by atoms with E-state index in [1.54, 1.807) is 6.07 Å². The van der Waals surface area contributed by atoms with Crippen LogP contribution in [0.3, 0.4) is 0 Å². The highest BCUT2D eigenvalue weighted by Gasteiger charge is 2.13. The molecule has 0 radical (unpaired) electrons. The molecular formula is C17H13FN4O. The number of carbonyl (C=O) groups excluding carboxylic acids is 1. The van der Waals surface area contributed by atoms with Crippen LogP contribution < -0.4 is 11.1 Å². The first kappa shape index (κ1) is 14.6. The van der Waals surface area contributed by atoms with Gasteiger partial charge in [-0.3, -0.25) is 4.79 Å². The maximum Gasteiger partial charge on any atom is 0.260 e. The molecule has 0 aliphatic carbocycles. The number of halogens is 1. The Morgan fingerprint density at radius 3 is 2.57 bits per heavy atom. The van der Waals surface area contributed by atoms with Crippen LogP contribution in [0.5, 0.6) is 0 Å². The molecule has 0 unspecified atom stereocenters. The predicted octanol–water partition coefficient (Wildman–Crippen LogP) is 3.12. The number of nitrogen functional groups attached to an aromatic ring is 1. The van der Waals surface area contributed by atoms with Crippen molar-refractivity contribution in [1.29, 1.82) is 0 Å². The van der Waals surface area contributed by atoms with E-state index in [2.05, 4.69) is 15.3 Å². The van der Waals surface area contributed by atoms with Gasteiger partial charge in [-0.2, -0.15) is 0 Å². The number of aromatic nitrogens is 2. The van der Waals surface area contributed by atoms with Crippen molar-refractivity contribution in [2.24, 2.45) is 0 Å². The zero-order chi connectivity index (χ0) is 16.2. The first-order valence-corrected chi connectivity index (χ1v) is 6.88. The molecule has 0 atom stereocenters. The molecule has 3 rings (SSSR count). The smallest absolute Gasteiger partial charge is 0.260 e. The van der Waals surface area contributed by atoms with E-state index in [-0.39, 0.29) is 11.4 Å². The number of nitrogens with two attached hydrogens (primary N) is 1. The van der Waals surface area contributed by atoms with Crippen LogP contribution in [0.4, 0.5) is 15.9 Å². The minimum Gasteiger partial charge on any atom is -0.383 e. The SMILES string of the molecule is Nc1nc(-c2ccccc2)ncc1C(=O)Nc1cccc(F)c1. The van der Waals surface area contributed by atoms with Crippen molar-refractivity contribution in [2.75, 3.05) is 11.1 Å². The zero-order valence-electron chi connectivity index (χ0n) is 12.0. The maximum atomic E-state index is 13.1. The van der Waals surface area contributed by atoms with Crippen LogP contribution in [0.25, 0.3) is 11.4 Å². The first-order chi connectivity index (χ1) is 11.1. The number of nitrogens with zero attached hydrogens (tertiary/aromatic N) is 2. The van der Waals surface area contributed by atoms with Crippen molar-refractivity contribution in [3.8, 4) is 11.4 Å². The summed E-state index contributed by atoms with van der Waals surface area (Å²) < 4.78 is 13.1. The topological polar surface area (TPSA) is 80.9 Å². The Bertz CT molecular complexity index is 852. The normalized spacial score (nSPS) is 10.3. The molecule has 114 valence electrons. The van der Waals surface area contributed by atoms with Gasteiger partial charge in [-0.05, 0) is 18.2 Å². The summed E-state index contributed by atoms with van der Waals surface area (Å²) >= 11 is 0. The average molecular weight is 308 g/mol. The highest BCUT2D eigenvalue weighted by atomic mass is 19.1. The number of hydrogen-bond acceptors (Lipinski definition) is 4. The van der Waals surface area contributed by atoms with E-state index < -0.39 is 11.7 Å². The van der Waals surface area contributed by atoms with Crippen LogP contribution in [0.1, 0.15) is 10.4 Å². The summed E-state index contributed by atoms with van der Waals surface area (Å²) in [6.45, 7) is 0. The van der Waals surface area contributed by atoms with Crippen LogP contribution >= 0.6 is 0 Å². The minimum absolute atomic E-state index is 0.0627. The molecule has 0 spiro atoms. The minimum atomic E-state index is -0.493. The Kier molecular flexibility index (Phi) is 3.97. The molecular weight excluding hydrogens is 295 g/mol. The Labute approximate surface area is 132 Å². The molecule has 3 N–H and O–H groups in total. The van der Waals surface area contributed by atoms with E-state index in [1.807, 2.05) is 30.3 Å². The average Bonchev–Trinajstić information content (AvgIpc) is 2.55. The van der Waals surface area contributed by atoms with E-state index in [1.165, 1.54) is 24.4 Å². The van der Waals surface area contributed by atoms with Gasteiger partial charge >= 0.3 is 0 Å². The molecule has 0 fully saturated rings. The van der Waals surface area contributed by atoms with E-state index in [0.717, 1.165) is 5.56 Å². The third-order valence-electron chi connectivity index (χ3n) is 3.18. The third-order valence-corrected chi connectivity index (χ3v) is 3.18. The van der Waals surface area contributed by atoms with E-state index >= 15 is 0 Å². The lowest BCUT2D eigenvalue weighted by Gasteiger charge is -2.08. The summed E-state index contributed by atoms with van der Waals surface area (Å²) in [5.41, 5.74) is 7.13. The summed E-state index contributed by atoms with van der Waals surface area (Å²) in [4.78, 5) is 20.5. The number of benzene rings is 2. The van der Waals surface area contributed by atoms with Crippen LogP contribution in [0.15, 0.2) is 60.8 Å². The van der Waals surface area contributed by atoms with Gasteiger partial charge in [-0.25, -0.2) is 14.4 Å². The fourth-order valence-electron chi connectivity index (χ4n) is 2.06. The molecule has 0 saturated carbocycles. The quantitative estimate of drug-likeness (QED) is 0.779. The van der Waals surface area contributed by atoms with Crippen molar-refractivity contribution >= 4 is 17.4 Å². The van der Waals surface area contributed by atoms with Gasteiger partial charge in [0.2, 0.25) is 0 Å². The number of hydrogen-bond donors (Lipinski definition) is 2. The van der Waals surface area contributed by atoms with Crippen LogP contribution in [0, 0.1) is 5.82 Å². The second-order valence-electron chi connectivity index (χ2n) is 4.82. The lowest BCUT2D eigenvalue weighted by molar-refractivity contribution is 0.102. The van der Waals surface area contributed by atoms with Gasteiger partial charge in [-0.1, -0.05) is 36.4 Å². The van der Waals surface area contributed by atoms with Crippen LogP contribution in [-0.2, 0) is 0 Å². The Morgan fingerprint density at radius 2 is 1.87 bits per heavy atom. The van der Waals surface area contributed by atoms with Gasteiger partial charge < -0.3 is 11.1 Å². The number of anilines is 2. The van der Waals surface area contributed by atoms with Crippen molar-refractivity contribution in [2.45, 2.75) is 0 Å². The van der Waals surface area contributed by atoms with Crippen molar-refractivity contribution in [3.05, 3.63) is 72.2 Å². The largest absolute Gasteiger partial charge is 0.383 e. The van der Waals surface area contributed by atoms with Crippen LogP contribution in [-0.4, -0.2) is 15.9 Å². The van der Waals surface area contributed by atoms with E-state index in [4.69, 9.17) is 5.73 Å². The molecule has 0 aliphatic heterocycles. The summed E-state index contributed by atoms with van der Waals surface area (Å²) in [5.74, 6) is -0.433. The second kappa shape index (κ2) is 6.23. The summed E-state index contributed by atoms with van der Waals surface area (Å²) in [6, 6.07) is 14.9. The van der Waals surface area contributed by atoms with Gasteiger partial charge in [0.25, 0.3) is 5.91 Å². The van der Waals surface area contributed by atoms with Crippen LogP contribution in [0.2, 0.25) is 0 Å². The number of nitrogens with one attached hydrogen (secondary N) is 1. The van der Waals surface area contributed by atoms with E-state index in [9.17, 15) is 9.18 Å². The standard InChI is InChI=1S/C17H13FN4O/c18-12-7-4-8-13(9-12)21-17(23)14-10-20-16(22-15(14)19)11-5-2-1-3-6-11/h1-10H,(H,21,23)(H2,19,20,22). The Morgan fingerprint density at radius 1 is 1.09 bits per heavy atom. The molecule has 0 bridgehead atoms. The fourth-order valence-corrected chi connectivity index (χ4v) is 2.06. The highest BCUT2D eigenvalue weighted by molar-refractivity contribution is 6.07. The highest BCUT2D eigenvalue weighted by Crippen LogP contribution is 2.18. The summed E-state index contributed by atoms with van der Waals surface area (Å²) in [6.07, 6.45) is 1.36. The van der Waals surface area contributed by atoms with Gasteiger partial charge in [0.1, 0.15) is 17.2 Å². The third kappa shape index (κ3) is 3.32. The van der Waals surface area contributed by atoms with Crippen molar-refractivity contribution < 1.29 is 9.18 Å². The lowest BCUT2D eigenvalue weighted by atomic mass is 10.2. The predicted molar refractivity (Wildman–Crippen MR) is 86.2 cm³/mol. The molecule has 1 amide bonds. The number of amides is 1. The van der Waals surface area contributed by atoms with Gasteiger partial charge in [0.15, 0.2) is 5.82 Å². The molecule has 23 heavy (non-hydrogen) atoms. The Balaban J connectivity index is 1.84. The molecule has 2 aromatic carbocycles. The molecule has 0 aliphatic rings. The van der Waals surface area contributed by atoms with E-state index in [0.29, 0.717) is 11.5 Å². The summed E-state index contributed by atoms with van der Waals surface area (Å²) in [5, 5.41) is 2.56. The van der Waals surface area contributed by atoms with Crippen molar-refractivity contribution in [1.82, 2.24) is 9.97 Å². The maximum absolute atomic E-state index is 13.1. The summed E-state index contributed by atoms with van der Waals surface area (Å²) in [7, 11) is 0. The van der Waals surface area contributed by atoms with Gasteiger partial charge in [-0.15, -0.1) is 0 Å². The molecule has 0 saturated heterocycles. The van der Waals surface area contributed by atoms with Crippen molar-refractivity contribution in [3.63, 3.8) is 0 Å². The number of carbonyl (C=O) groups is 1. The number of rotatable bonds is 3. The Hall–Kier alpha value is -3.28. The monoisotopic (exact) mass is 308 g/mol. The molecule has 1 heterocycles. The van der Waals surface area contributed by atoms with Gasteiger partial charge in [0, 0.05) is 17.4 Å². The van der Waals surface area contributed by atoms with Gasteiger partial charge in [0.05, 0.1) is 0 Å². The molecule has 3 aromatic rings. The fraction of sp³-hybridized carbons (Fsp3) is 0.